The molecule has 0 bridgehead atoms. The lowest BCUT2D eigenvalue weighted by molar-refractivity contribution is 0.604. The van der Waals surface area contributed by atoms with Gasteiger partial charge in [-0.2, -0.15) is 0 Å². The number of hydrogen-bond donors (Lipinski definition) is 0. The van der Waals surface area contributed by atoms with Crippen molar-refractivity contribution in [3.8, 4) is 0 Å². The van der Waals surface area contributed by atoms with Crippen LogP contribution in [0, 0.1) is 0 Å². The quantitative estimate of drug-likeness (QED) is 0.750. The smallest absolute Gasteiger partial charge is 0.0273 e. The highest BCUT2D eigenvalue weighted by molar-refractivity contribution is 7.10. The maximum absolute atomic E-state index is 4.00. The van der Waals surface area contributed by atoms with Crippen LogP contribution in [0.1, 0.15) is 36.8 Å². The summed E-state index contributed by atoms with van der Waals surface area (Å²) in [6.45, 7) is 6.74. The van der Waals surface area contributed by atoms with Gasteiger partial charge in [0.1, 0.15) is 0 Å². The van der Waals surface area contributed by atoms with Gasteiger partial charge in [-0.1, -0.05) is 32.9 Å². The van der Waals surface area contributed by atoms with Crippen LogP contribution in [0.5, 0.6) is 0 Å². The summed E-state index contributed by atoms with van der Waals surface area (Å²) < 4.78 is 0. The Hall–Kier alpha value is -1.41. The molecule has 0 aromatic carbocycles. The Morgan fingerprint density at radius 3 is 2.29 bits per heavy atom. The number of pyridine rings is 1. The molecule has 0 saturated heterocycles. The first-order valence-electron chi connectivity index (χ1n) is 5.73. The predicted molar refractivity (Wildman–Crippen MR) is 76.2 cm³/mol. The fourth-order valence-corrected chi connectivity index (χ4v) is 2.47. The molecule has 1 nitrogen and oxygen atoms in total. The van der Waals surface area contributed by atoms with Gasteiger partial charge >= 0.3 is 0 Å². The number of hydrogen-bond acceptors (Lipinski definition) is 2. The number of aromatic nitrogens is 1. The van der Waals surface area contributed by atoms with Crippen molar-refractivity contribution < 1.29 is 0 Å². The molecular formula is C15H17NS. The summed E-state index contributed by atoms with van der Waals surface area (Å²) in [7, 11) is 0. The molecule has 2 aromatic rings. The Labute approximate surface area is 107 Å². The van der Waals surface area contributed by atoms with Crippen molar-refractivity contribution in [1.82, 2.24) is 4.98 Å². The molecule has 0 aliphatic rings. The van der Waals surface area contributed by atoms with Crippen LogP contribution in [0.15, 0.2) is 36.0 Å². The minimum absolute atomic E-state index is 0.243. The van der Waals surface area contributed by atoms with E-state index in [2.05, 4.69) is 49.4 Å². The van der Waals surface area contributed by atoms with Crippen LogP contribution in [0.4, 0.5) is 0 Å². The molecule has 2 aromatic heterocycles. The van der Waals surface area contributed by atoms with E-state index in [-0.39, 0.29) is 5.41 Å². The number of rotatable bonds is 2. The summed E-state index contributed by atoms with van der Waals surface area (Å²) in [5.41, 5.74) is 2.70. The molecule has 0 unspecified atom stereocenters. The summed E-state index contributed by atoms with van der Waals surface area (Å²) in [6, 6.07) is 6.28. The summed E-state index contributed by atoms with van der Waals surface area (Å²) in [6.07, 6.45) is 7.90. The molecule has 88 valence electrons. The Morgan fingerprint density at radius 1 is 1.06 bits per heavy atom. The van der Waals surface area contributed by atoms with Gasteiger partial charge in [-0.25, -0.2) is 0 Å². The first-order valence-corrected chi connectivity index (χ1v) is 6.61. The maximum Gasteiger partial charge on any atom is 0.0273 e. The Bertz CT molecular complexity index is 503. The second kappa shape index (κ2) is 4.84. The van der Waals surface area contributed by atoms with Crippen molar-refractivity contribution in [3.63, 3.8) is 0 Å². The Balaban J connectivity index is 2.15. The molecule has 2 rings (SSSR count). The molecule has 0 atom stereocenters. The second-order valence-electron chi connectivity index (χ2n) is 5.11. The summed E-state index contributed by atoms with van der Waals surface area (Å²) in [4.78, 5) is 5.43. The van der Waals surface area contributed by atoms with Crippen molar-refractivity contribution in [2.75, 3.05) is 0 Å². The lowest BCUT2D eigenvalue weighted by Crippen LogP contribution is -2.07. The Kier molecular flexibility index (Phi) is 3.43. The van der Waals surface area contributed by atoms with Crippen molar-refractivity contribution >= 4 is 23.5 Å². The molecule has 2 heteroatoms. The van der Waals surface area contributed by atoms with Crippen LogP contribution in [-0.4, -0.2) is 4.98 Å². The van der Waals surface area contributed by atoms with Crippen molar-refractivity contribution in [3.05, 3.63) is 52.0 Å². The van der Waals surface area contributed by atoms with E-state index in [1.165, 1.54) is 16.0 Å². The fraction of sp³-hybridized carbons (Fsp3) is 0.267. The van der Waals surface area contributed by atoms with E-state index in [1.807, 2.05) is 35.9 Å². The summed E-state index contributed by atoms with van der Waals surface area (Å²) in [5, 5.41) is 2.21. The van der Waals surface area contributed by atoms with Gasteiger partial charge in [-0.05, 0) is 40.1 Å². The Morgan fingerprint density at radius 2 is 1.71 bits per heavy atom. The molecule has 0 amide bonds. The SMILES string of the molecule is CC(C)(C)c1cc(/C=C/c2ccncc2)cs1. The van der Waals surface area contributed by atoms with Gasteiger partial charge in [0.25, 0.3) is 0 Å². The zero-order valence-corrected chi connectivity index (χ0v) is 11.3. The van der Waals surface area contributed by atoms with Gasteiger partial charge in [-0.15, -0.1) is 11.3 Å². The molecule has 0 spiro atoms. The van der Waals surface area contributed by atoms with Crippen molar-refractivity contribution in [1.29, 1.82) is 0 Å². The monoisotopic (exact) mass is 243 g/mol. The highest BCUT2D eigenvalue weighted by atomic mass is 32.1. The van der Waals surface area contributed by atoms with Crippen LogP contribution in [0.3, 0.4) is 0 Å². The topological polar surface area (TPSA) is 12.9 Å². The lowest BCUT2D eigenvalue weighted by Gasteiger charge is -2.14. The van der Waals surface area contributed by atoms with Crippen LogP contribution < -0.4 is 0 Å². The summed E-state index contributed by atoms with van der Waals surface area (Å²) >= 11 is 1.83. The van der Waals surface area contributed by atoms with E-state index < -0.39 is 0 Å². The normalized spacial score (nSPS) is 12.2. The molecule has 0 N–H and O–H groups in total. The van der Waals surface area contributed by atoms with Crippen LogP contribution in [-0.2, 0) is 5.41 Å². The molecule has 0 aliphatic carbocycles. The first-order chi connectivity index (χ1) is 8.05. The largest absolute Gasteiger partial charge is 0.265 e. The van der Waals surface area contributed by atoms with Gasteiger partial charge in [0.2, 0.25) is 0 Å². The highest BCUT2D eigenvalue weighted by Crippen LogP contribution is 2.29. The first kappa shape index (κ1) is 12.1. The summed E-state index contributed by atoms with van der Waals surface area (Å²) in [5.74, 6) is 0. The average molecular weight is 243 g/mol. The third kappa shape index (κ3) is 3.27. The van der Waals surface area contributed by atoms with Crippen molar-refractivity contribution in [2.24, 2.45) is 0 Å². The van der Waals surface area contributed by atoms with Gasteiger partial charge in [-0.3, -0.25) is 4.98 Å². The zero-order valence-electron chi connectivity index (χ0n) is 10.5. The standard InChI is InChI=1S/C15H17NS/c1-15(2,3)14-10-13(11-17-14)5-4-12-6-8-16-9-7-12/h4-11H,1-3H3/b5-4+. The number of thiophene rings is 1. The minimum Gasteiger partial charge on any atom is -0.265 e. The molecule has 17 heavy (non-hydrogen) atoms. The van der Waals surface area contributed by atoms with E-state index in [4.69, 9.17) is 0 Å². The second-order valence-corrected chi connectivity index (χ2v) is 6.02. The van der Waals surface area contributed by atoms with Crippen molar-refractivity contribution in [2.45, 2.75) is 26.2 Å². The van der Waals surface area contributed by atoms with E-state index in [1.54, 1.807) is 0 Å². The molecule has 0 aliphatic heterocycles. The van der Waals surface area contributed by atoms with E-state index >= 15 is 0 Å². The van der Waals surface area contributed by atoms with Gasteiger partial charge in [0.05, 0.1) is 0 Å². The van der Waals surface area contributed by atoms with Gasteiger partial charge < -0.3 is 0 Å². The molecular weight excluding hydrogens is 226 g/mol. The van der Waals surface area contributed by atoms with E-state index in [9.17, 15) is 0 Å². The zero-order chi connectivity index (χ0) is 12.3. The molecule has 0 fully saturated rings. The fourth-order valence-electron chi connectivity index (χ4n) is 1.50. The minimum atomic E-state index is 0.243. The highest BCUT2D eigenvalue weighted by Gasteiger charge is 2.15. The molecule has 0 saturated carbocycles. The third-order valence-electron chi connectivity index (χ3n) is 2.53. The van der Waals surface area contributed by atoms with E-state index in [0.717, 1.165) is 0 Å². The van der Waals surface area contributed by atoms with E-state index in [0.29, 0.717) is 0 Å². The molecule has 2 heterocycles. The average Bonchev–Trinajstić information content (AvgIpc) is 2.76. The third-order valence-corrected chi connectivity index (χ3v) is 3.91. The molecule has 0 radical (unpaired) electrons. The number of nitrogens with zero attached hydrogens (tertiary/aromatic N) is 1. The van der Waals surface area contributed by atoms with Gasteiger partial charge in [0, 0.05) is 17.3 Å². The van der Waals surface area contributed by atoms with Crippen LogP contribution in [0.2, 0.25) is 0 Å². The lowest BCUT2D eigenvalue weighted by atomic mass is 9.94. The van der Waals surface area contributed by atoms with Gasteiger partial charge in [0.15, 0.2) is 0 Å². The predicted octanol–water partition coefficient (Wildman–Crippen LogP) is 4.61. The van der Waals surface area contributed by atoms with Crippen LogP contribution >= 0.6 is 11.3 Å². The maximum atomic E-state index is 4.00. The van der Waals surface area contributed by atoms with Crippen LogP contribution in [0.25, 0.3) is 12.2 Å².